The normalized spacial score (nSPS) is 13.8. The van der Waals surface area contributed by atoms with Crippen LogP contribution in [0.5, 0.6) is 0 Å². The Morgan fingerprint density at radius 1 is 1.38 bits per heavy atom. The molecule has 0 saturated carbocycles. The van der Waals surface area contributed by atoms with Gasteiger partial charge in [0.15, 0.2) is 0 Å². The summed E-state index contributed by atoms with van der Waals surface area (Å²) in [6.07, 6.45) is 2.90. The number of amides is 1. The van der Waals surface area contributed by atoms with Crippen molar-refractivity contribution in [1.29, 1.82) is 0 Å². The molecule has 5 nitrogen and oxygen atoms in total. The molecule has 0 atom stereocenters. The molecule has 0 bridgehead atoms. The lowest BCUT2D eigenvalue weighted by Crippen LogP contribution is -2.24. The monoisotopic (exact) mass is 302 g/mol. The summed E-state index contributed by atoms with van der Waals surface area (Å²) in [7, 11) is 0. The lowest BCUT2D eigenvalue weighted by Gasteiger charge is -2.17. The van der Waals surface area contributed by atoms with Gasteiger partial charge in [-0.2, -0.15) is 0 Å². The third kappa shape index (κ3) is 3.28. The van der Waals surface area contributed by atoms with Crippen LogP contribution in [-0.4, -0.2) is 22.6 Å². The van der Waals surface area contributed by atoms with Crippen LogP contribution < -0.4 is 10.6 Å². The van der Waals surface area contributed by atoms with E-state index in [0.717, 1.165) is 37.4 Å². The molecule has 6 heteroatoms. The van der Waals surface area contributed by atoms with E-state index in [-0.39, 0.29) is 5.91 Å². The molecule has 0 radical (unpaired) electrons. The molecule has 0 unspecified atom stereocenters. The van der Waals surface area contributed by atoms with E-state index in [1.165, 1.54) is 22.5 Å². The quantitative estimate of drug-likeness (QED) is 0.910. The third-order valence-corrected chi connectivity index (χ3v) is 4.40. The number of nitrogens with zero attached hydrogens (tertiary/aromatic N) is 2. The van der Waals surface area contributed by atoms with Crippen LogP contribution in [0.4, 0.5) is 5.13 Å². The largest absolute Gasteiger partial charge is 0.312 e. The number of nitrogens with one attached hydrogen (secondary N) is 2. The minimum Gasteiger partial charge on any atom is -0.312 e. The molecule has 2 aromatic rings. The Hall–Kier alpha value is -1.79. The van der Waals surface area contributed by atoms with Crippen molar-refractivity contribution in [3.8, 4) is 0 Å². The molecule has 2 N–H and O–H groups in total. The summed E-state index contributed by atoms with van der Waals surface area (Å²) in [6.45, 7) is 3.95. The Morgan fingerprint density at radius 2 is 2.29 bits per heavy atom. The van der Waals surface area contributed by atoms with Gasteiger partial charge in [-0.1, -0.05) is 24.3 Å². The molecule has 1 aliphatic rings. The molecule has 21 heavy (non-hydrogen) atoms. The number of carbonyl (C=O) groups is 1. The van der Waals surface area contributed by atoms with Crippen molar-refractivity contribution in [3.05, 3.63) is 39.9 Å². The van der Waals surface area contributed by atoms with Gasteiger partial charge in [0.1, 0.15) is 5.01 Å². The number of benzene rings is 1. The number of aryl methyl sites for hydroxylation is 1. The molecule has 3 rings (SSSR count). The van der Waals surface area contributed by atoms with Gasteiger partial charge in [-0.05, 0) is 42.6 Å². The molecule has 0 saturated heterocycles. The zero-order valence-corrected chi connectivity index (χ0v) is 12.8. The summed E-state index contributed by atoms with van der Waals surface area (Å²) < 4.78 is 0. The molecule has 1 aromatic carbocycles. The maximum atomic E-state index is 12.3. The van der Waals surface area contributed by atoms with Gasteiger partial charge >= 0.3 is 0 Å². The van der Waals surface area contributed by atoms with Crippen molar-refractivity contribution in [1.82, 2.24) is 15.5 Å². The summed E-state index contributed by atoms with van der Waals surface area (Å²) in [6, 6.07) is 5.88. The molecular formula is C15H18N4OS. The van der Waals surface area contributed by atoms with Gasteiger partial charge in [0.2, 0.25) is 5.13 Å². The van der Waals surface area contributed by atoms with Crippen LogP contribution in [0.1, 0.15) is 39.8 Å². The van der Waals surface area contributed by atoms with Gasteiger partial charge in [-0.3, -0.25) is 10.1 Å². The van der Waals surface area contributed by atoms with Crippen molar-refractivity contribution in [2.24, 2.45) is 0 Å². The SMILES string of the molecule is CCCc1nnc(NC(=O)c2ccc3c(c2)CCNC3)s1. The zero-order valence-electron chi connectivity index (χ0n) is 12.0. The highest BCUT2D eigenvalue weighted by Gasteiger charge is 2.14. The Balaban J connectivity index is 1.72. The van der Waals surface area contributed by atoms with E-state index in [2.05, 4.69) is 27.8 Å². The number of hydrogen-bond donors (Lipinski definition) is 2. The highest BCUT2D eigenvalue weighted by molar-refractivity contribution is 7.15. The molecule has 1 aliphatic heterocycles. The predicted octanol–water partition coefficient (Wildman–Crippen LogP) is 2.39. The van der Waals surface area contributed by atoms with Crippen LogP contribution in [0, 0.1) is 0 Å². The molecule has 0 fully saturated rings. The average Bonchev–Trinajstić information content (AvgIpc) is 2.94. The van der Waals surface area contributed by atoms with Crippen LogP contribution >= 0.6 is 11.3 Å². The number of aromatic nitrogens is 2. The molecule has 110 valence electrons. The second kappa shape index (κ2) is 6.32. The van der Waals surface area contributed by atoms with Gasteiger partial charge in [-0.25, -0.2) is 0 Å². The Kier molecular flexibility index (Phi) is 4.26. The average molecular weight is 302 g/mol. The lowest BCUT2D eigenvalue weighted by atomic mass is 9.98. The Morgan fingerprint density at radius 3 is 3.14 bits per heavy atom. The number of carbonyl (C=O) groups excluding carboxylic acids is 1. The van der Waals surface area contributed by atoms with Crippen molar-refractivity contribution in [2.75, 3.05) is 11.9 Å². The standard InChI is InChI=1S/C15H18N4OS/c1-2-3-13-18-19-15(21-13)17-14(20)11-4-5-12-9-16-7-6-10(12)8-11/h4-5,8,16H,2-3,6-7,9H2,1H3,(H,17,19,20). The van der Waals surface area contributed by atoms with Crippen molar-refractivity contribution < 1.29 is 4.79 Å². The fourth-order valence-corrected chi connectivity index (χ4v) is 3.24. The van der Waals surface area contributed by atoms with Crippen LogP contribution in [0.15, 0.2) is 18.2 Å². The van der Waals surface area contributed by atoms with Crippen LogP contribution in [0.3, 0.4) is 0 Å². The highest BCUT2D eigenvalue weighted by atomic mass is 32.1. The van der Waals surface area contributed by atoms with Crippen molar-refractivity contribution in [3.63, 3.8) is 0 Å². The zero-order chi connectivity index (χ0) is 14.7. The van der Waals surface area contributed by atoms with Crippen molar-refractivity contribution in [2.45, 2.75) is 32.7 Å². The van der Waals surface area contributed by atoms with E-state index in [1.54, 1.807) is 0 Å². The summed E-state index contributed by atoms with van der Waals surface area (Å²) in [4.78, 5) is 12.3. The third-order valence-electron chi connectivity index (χ3n) is 3.51. The first-order valence-electron chi connectivity index (χ1n) is 7.22. The first kappa shape index (κ1) is 14.2. The Bertz CT molecular complexity index is 653. The minimum absolute atomic E-state index is 0.115. The van der Waals surface area contributed by atoms with Gasteiger partial charge in [0.25, 0.3) is 5.91 Å². The Labute approximate surface area is 127 Å². The number of rotatable bonds is 4. The van der Waals surface area contributed by atoms with Crippen molar-refractivity contribution >= 4 is 22.4 Å². The van der Waals surface area contributed by atoms with E-state index in [9.17, 15) is 4.79 Å². The van der Waals surface area contributed by atoms with Crippen LogP contribution in [0.2, 0.25) is 0 Å². The summed E-state index contributed by atoms with van der Waals surface area (Å²) >= 11 is 1.45. The van der Waals surface area contributed by atoms with E-state index >= 15 is 0 Å². The molecule has 0 aliphatic carbocycles. The maximum absolute atomic E-state index is 12.3. The number of anilines is 1. The lowest BCUT2D eigenvalue weighted by molar-refractivity contribution is 0.102. The number of fused-ring (bicyclic) bond motifs is 1. The van der Waals surface area contributed by atoms with E-state index in [1.807, 2.05) is 18.2 Å². The second-order valence-electron chi connectivity index (χ2n) is 5.12. The second-order valence-corrected chi connectivity index (χ2v) is 6.18. The first-order chi connectivity index (χ1) is 10.3. The predicted molar refractivity (Wildman–Crippen MR) is 83.7 cm³/mol. The molecule has 1 amide bonds. The highest BCUT2D eigenvalue weighted by Crippen LogP contribution is 2.19. The van der Waals surface area contributed by atoms with Crippen LogP contribution in [-0.2, 0) is 19.4 Å². The van der Waals surface area contributed by atoms with Crippen LogP contribution in [0.25, 0.3) is 0 Å². The fourth-order valence-electron chi connectivity index (χ4n) is 2.41. The number of hydrogen-bond acceptors (Lipinski definition) is 5. The first-order valence-corrected chi connectivity index (χ1v) is 8.04. The van der Waals surface area contributed by atoms with Gasteiger partial charge in [-0.15, -0.1) is 10.2 Å². The summed E-state index contributed by atoms with van der Waals surface area (Å²) in [5, 5.41) is 15.8. The van der Waals surface area contributed by atoms with Gasteiger partial charge in [0.05, 0.1) is 0 Å². The molecule has 0 spiro atoms. The fraction of sp³-hybridized carbons (Fsp3) is 0.400. The van der Waals surface area contributed by atoms with Gasteiger partial charge in [0, 0.05) is 18.5 Å². The maximum Gasteiger partial charge on any atom is 0.257 e. The summed E-state index contributed by atoms with van der Waals surface area (Å²) in [5.41, 5.74) is 3.21. The smallest absolute Gasteiger partial charge is 0.257 e. The van der Waals surface area contributed by atoms with E-state index < -0.39 is 0 Å². The molecular weight excluding hydrogens is 284 g/mol. The van der Waals surface area contributed by atoms with E-state index in [4.69, 9.17) is 0 Å². The van der Waals surface area contributed by atoms with E-state index in [0.29, 0.717) is 10.7 Å². The molecule has 1 aromatic heterocycles. The topological polar surface area (TPSA) is 66.9 Å². The van der Waals surface area contributed by atoms with Gasteiger partial charge < -0.3 is 5.32 Å². The summed E-state index contributed by atoms with van der Waals surface area (Å²) in [5.74, 6) is -0.115. The molecule has 2 heterocycles. The minimum atomic E-state index is -0.115.